The summed E-state index contributed by atoms with van der Waals surface area (Å²) >= 11 is 1.45. The number of carbonyl (C=O) groups excluding carboxylic acids is 1. The van der Waals surface area contributed by atoms with Crippen LogP contribution in [0.15, 0.2) is 60.8 Å². The summed E-state index contributed by atoms with van der Waals surface area (Å²) in [5, 5.41) is 17.0. The molecule has 0 saturated carbocycles. The predicted octanol–water partition coefficient (Wildman–Crippen LogP) is 3.41. The van der Waals surface area contributed by atoms with E-state index in [1.165, 1.54) is 11.3 Å². The summed E-state index contributed by atoms with van der Waals surface area (Å²) in [6.07, 6.45) is 2.54. The van der Waals surface area contributed by atoms with Crippen molar-refractivity contribution in [3.05, 3.63) is 77.2 Å². The molecule has 4 heterocycles. The van der Waals surface area contributed by atoms with Crippen LogP contribution in [-0.4, -0.2) is 36.8 Å². The maximum Gasteiger partial charge on any atom is 0.261 e. The number of thiophene rings is 1. The SMILES string of the molecule is Cc1nn(-c2ccccc2)c2sc(C(=O)NCCc3nnc4ccccn34)cc12. The molecule has 144 valence electrons. The molecule has 0 radical (unpaired) electrons. The number of amides is 1. The molecular weight excluding hydrogens is 384 g/mol. The molecule has 8 heteroatoms. The van der Waals surface area contributed by atoms with Gasteiger partial charge in [-0.2, -0.15) is 5.10 Å². The molecule has 0 saturated heterocycles. The lowest BCUT2D eigenvalue weighted by atomic mass is 10.3. The Morgan fingerprint density at radius 3 is 2.79 bits per heavy atom. The third-order valence-corrected chi connectivity index (χ3v) is 5.90. The fourth-order valence-corrected chi connectivity index (χ4v) is 4.44. The Morgan fingerprint density at radius 2 is 1.93 bits per heavy atom. The number of aromatic nitrogens is 5. The van der Waals surface area contributed by atoms with E-state index >= 15 is 0 Å². The highest BCUT2D eigenvalue weighted by molar-refractivity contribution is 7.20. The summed E-state index contributed by atoms with van der Waals surface area (Å²) in [7, 11) is 0. The van der Waals surface area contributed by atoms with E-state index in [1.54, 1.807) is 0 Å². The van der Waals surface area contributed by atoms with Gasteiger partial charge in [0.25, 0.3) is 5.91 Å². The highest BCUT2D eigenvalue weighted by atomic mass is 32.1. The predicted molar refractivity (Wildman–Crippen MR) is 113 cm³/mol. The van der Waals surface area contributed by atoms with E-state index in [4.69, 9.17) is 0 Å². The lowest BCUT2D eigenvalue weighted by Crippen LogP contribution is -2.25. The quantitative estimate of drug-likeness (QED) is 0.489. The number of rotatable bonds is 5. The van der Waals surface area contributed by atoms with Gasteiger partial charge in [-0.1, -0.05) is 24.3 Å². The van der Waals surface area contributed by atoms with Gasteiger partial charge in [-0.15, -0.1) is 21.5 Å². The van der Waals surface area contributed by atoms with Gasteiger partial charge in [-0.3, -0.25) is 9.20 Å². The minimum atomic E-state index is -0.0842. The van der Waals surface area contributed by atoms with Crippen molar-refractivity contribution in [2.45, 2.75) is 13.3 Å². The van der Waals surface area contributed by atoms with Crippen molar-refractivity contribution < 1.29 is 4.79 Å². The van der Waals surface area contributed by atoms with Crippen LogP contribution in [0.3, 0.4) is 0 Å². The number of aryl methyl sites for hydroxylation is 1. The third-order valence-electron chi connectivity index (χ3n) is 4.79. The summed E-state index contributed by atoms with van der Waals surface area (Å²) in [5.41, 5.74) is 2.70. The number of hydrogen-bond donors (Lipinski definition) is 1. The summed E-state index contributed by atoms with van der Waals surface area (Å²) in [5.74, 6) is 0.742. The van der Waals surface area contributed by atoms with Gasteiger partial charge in [-0.05, 0) is 37.3 Å². The molecule has 0 unspecified atom stereocenters. The molecule has 0 aliphatic heterocycles. The van der Waals surface area contributed by atoms with Crippen LogP contribution in [0.5, 0.6) is 0 Å². The lowest BCUT2D eigenvalue weighted by molar-refractivity contribution is 0.0958. The van der Waals surface area contributed by atoms with E-state index in [2.05, 4.69) is 20.6 Å². The van der Waals surface area contributed by atoms with Crippen molar-refractivity contribution in [2.24, 2.45) is 0 Å². The summed E-state index contributed by atoms with van der Waals surface area (Å²) < 4.78 is 3.83. The van der Waals surface area contributed by atoms with Crippen LogP contribution in [0, 0.1) is 6.92 Å². The molecule has 0 aliphatic carbocycles. The van der Waals surface area contributed by atoms with Gasteiger partial charge in [0, 0.05) is 24.5 Å². The number of para-hydroxylation sites is 1. The number of carbonyl (C=O) groups is 1. The molecular formula is C21H18N6OS. The standard InChI is InChI=1S/C21H18N6OS/c1-14-16-13-17(29-21(16)27(25-14)15-7-3-2-4-8-15)20(28)22-11-10-19-24-23-18-9-5-6-12-26(18)19/h2-9,12-13H,10-11H2,1H3,(H,22,28). The van der Waals surface area contributed by atoms with E-state index in [0.29, 0.717) is 17.8 Å². The summed E-state index contributed by atoms with van der Waals surface area (Å²) in [6, 6.07) is 17.6. The van der Waals surface area contributed by atoms with Crippen LogP contribution in [0.1, 0.15) is 21.2 Å². The molecule has 5 aromatic rings. The van der Waals surface area contributed by atoms with Gasteiger partial charge in [0.2, 0.25) is 0 Å². The van der Waals surface area contributed by atoms with Gasteiger partial charge in [0.15, 0.2) is 5.65 Å². The fraction of sp³-hybridized carbons (Fsp3) is 0.143. The zero-order valence-electron chi connectivity index (χ0n) is 15.7. The van der Waals surface area contributed by atoms with Gasteiger partial charge in [0.1, 0.15) is 10.7 Å². The largest absolute Gasteiger partial charge is 0.351 e. The fourth-order valence-electron chi connectivity index (χ4n) is 3.34. The first-order chi connectivity index (χ1) is 14.2. The van der Waals surface area contributed by atoms with E-state index in [9.17, 15) is 4.79 Å². The Bertz CT molecular complexity index is 1320. The smallest absolute Gasteiger partial charge is 0.261 e. The number of nitrogens with one attached hydrogen (secondary N) is 1. The van der Waals surface area contributed by atoms with E-state index < -0.39 is 0 Å². The first-order valence-corrected chi connectivity index (χ1v) is 10.1. The average molecular weight is 402 g/mol. The summed E-state index contributed by atoms with van der Waals surface area (Å²) in [6.45, 7) is 2.46. The molecule has 1 N–H and O–H groups in total. The molecule has 0 fully saturated rings. The highest BCUT2D eigenvalue weighted by Crippen LogP contribution is 2.30. The normalized spacial score (nSPS) is 11.3. The molecule has 29 heavy (non-hydrogen) atoms. The molecule has 7 nitrogen and oxygen atoms in total. The summed E-state index contributed by atoms with van der Waals surface area (Å²) in [4.78, 5) is 14.3. The zero-order chi connectivity index (χ0) is 19.8. The second-order valence-corrected chi connectivity index (χ2v) is 7.74. The topological polar surface area (TPSA) is 77.1 Å². The Kier molecular flexibility index (Phi) is 4.33. The number of fused-ring (bicyclic) bond motifs is 2. The van der Waals surface area contributed by atoms with Crippen LogP contribution in [-0.2, 0) is 6.42 Å². The number of nitrogens with zero attached hydrogens (tertiary/aromatic N) is 5. The maximum atomic E-state index is 12.7. The van der Waals surface area contributed by atoms with Crippen molar-refractivity contribution in [2.75, 3.05) is 6.54 Å². The van der Waals surface area contributed by atoms with Crippen LogP contribution in [0.25, 0.3) is 21.6 Å². The second-order valence-electron chi connectivity index (χ2n) is 6.71. The van der Waals surface area contributed by atoms with Crippen molar-refractivity contribution in [1.29, 1.82) is 0 Å². The zero-order valence-corrected chi connectivity index (χ0v) is 16.6. The van der Waals surface area contributed by atoms with Gasteiger partial charge >= 0.3 is 0 Å². The van der Waals surface area contributed by atoms with Gasteiger partial charge in [0.05, 0.1) is 16.3 Å². The van der Waals surface area contributed by atoms with Crippen molar-refractivity contribution in [1.82, 2.24) is 29.7 Å². The van der Waals surface area contributed by atoms with Crippen molar-refractivity contribution in [3.8, 4) is 5.69 Å². The Labute approximate surface area is 170 Å². The molecule has 0 spiro atoms. The number of hydrogen-bond acceptors (Lipinski definition) is 5. The van der Waals surface area contributed by atoms with Gasteiger partial charge < -0.3 is 5.32 Å². The first kappa shape index (κ1) is 17.6. The molecule has 4 aromatic heterocycles. The van der Waals surface area contributed by atoms with E-state index in [1.807, 2.05) is 76.8 Å². The van der Waals surface area contributed by atoms with Crippen LogP contribution in [0.2, 0.25) is 0 Å². The molecule has 1 amide bonds. The lowest BCUT2D eigenvalue weighted by Gasteiger charge is -2.03. The van der Waals surface area contributed by atoms with Crippen LogP contribution >= 0.6 is 11.3 Å². The monoisotopic (exact) mass is 402 g/mol. The Hall–Kier alpha value is -3.52. The van der Waals surface area contributed by atoms with E-state index in [-0.39, 0.29) is 5.91 Å². The number of benzene rings is 1. The van der Waals surface area contributed by atoms with Crippen molar-refractivity contribution >= 4 is 33.1 Å². The van der Waals surface area contributed by atoms with Crippen molar-refractivity contribution in [3.63, 3.8) is 0 Å². The Morgan fingerprint density at radius 1 is 1.10 bits per heavy atom. The molecule has 5 rings (SSSR count). The van der Waals surface area contributed by atoms with Crippen LogP contribution in [0.4, 0.5) is 0 Å². The first-order valence-electron chi connectivity index (χ1n) is 9.32. The molecule has 0 bridgehead atoms. The minimum Gasteiger partial charge on any atom is -0.351 e. The highest BCUT2D eigenvalue weighted by Gasteiger charge is 2.17. The molecule has 0 atom stereocenters. The second kappa shape index (κ2) is 7.14. The average Bonchev–Trinajstić information content (AvgIpc) is 3.44. The maximum absolute atomic E-state index is 12.7. The minimum absolute atomic E-state index is 0.0842. The Balaban J connectivity index is 1.33. The number of pyridine rings is 1. The molecule has 1 aromatic carbocycles. The molecule has 0 aliphatic rings. The third kappa shape index (κ3) is 3.17. The van der Waals surface area contributed by atoms with E-state index in [0.717, 1.165) is 33.1 Å². The van der Waals surface area contributed by atoms with Gasteiger partial charge in [-0.25, -0.2) is 4.68 Å². The van der Waals surface area contributed by atoms with Crippen LogP contribution < -0.4 is 5.32 Å².